The number of anilines is 1. The van der Waals surface area contributed by atoms with Gasteiger partial charge < -0.3 is 5.73 Å². The number of thioether (sulfide) groups is 1. The van der Waals surface area contributed by atoms with Gasteiger partial charge in [0.1, 0.15) is 5.82 Å². The van der Waals surface area contributed by atoms with Crippen molar-refractivity contribution in [3.63, 3.8) is 0 Å². The summed E-state index contributed by atoms with van der Waals surface area (Å²) in [6.07, 6.45) is -4.04. The zero-order valence-electron chi connectivity index (χ0n) is 11.7. The van der Waals surface area contributed by atoms with Crippen molar-refractivity contribution in [2.24, 2.45) is 0 Å². The molecule has 23 heavy (non-hydrogen) atoms. The molecule has 0 amide bonds. The molecule has 0 saturated heterocycles. The monoisotopic (exact) mass is 372 g/mol. The van der Waals surface area contributed by atoms with Gasteiger partial charge in [-0.3, -0.25) is 0 Å². The Morgan fingerprint density at radius 1 is 1.26 bits per heavy atom. The summed E-state index contributed by atoms with van der Waals surface area (Å²) in [6.45, 7) is 2.14. The first-order valence-corrected chi connectivity index (χ1v) is 7.24. The molecule has 0 aliphatic heterocycles. The van der Waals surface area contributed by atoms with E-state index in [-0.39, 0.29) is 39.0 Å². The van der Waals surface area contributed by atoms with E-state index in [2.05, 4.69) is 10.1 Å². The van der Waals surface area contributed by atoms with Gasteiger partial charge in [-0.15, -0.1) is 0 Å². The minimum absolute atomic E-state index is 0.00950. The molecule has 0 fully saturated rings. The van der Waals surface area contributed by atoms with Crippen LogP contribution < -0.4 is 5.73 Å². The fourth-order valence-corrected chi connectivity index (χ4v) is 2.72. The Hall–Kier alpha value is -1.55. The molecule has 0 aromatic carbocycles. The van der Waals surface area contributed by atoms with E-state index in [1.807, 2.05) is 0 Å². The van der Waals surface area contributed by atoms with Crippen molar-refractivity contribution in [1.82, 2.24) is 14.8 Å². The second kappa shape index (κ2) is 5.82. The lowest BCUT2D eigenvalue weighted by molar-refractivity contribution is -0.137. The van der Waals surface area contributed by atoms with Crippen LogP contribution in [0.1, 0.15) is 18.2 Å². The van der Waals surface area contributed by atoms with E-state index in [1.165, 1.54) is 6.92 Å². The third-order valence-electron chi connectivity index (χ3n) is 2.67. The number of nitrogens with two attached hydrogens (primary N) is 1. The normalized spacial score (nSPS) is 12.7. The predicted octanol–water partition coefficient (Wildman–Crippen LogP) is 4.53. The number of halogens is 6. The van der Waals surface area contributed by atoms with Crippen LogP contribution in [0.25, 0.3) is 5.82 Å². The summed E-state index contributed by atoms with van der Waals surface area (Å²) in [5, 5.41) is 0.480. The summed E-state index contributed by atoms with van der Waals surface area (Å²) in [5.74, 6) is -0.352. The van der Waals surface area contributed by atoms with E-state index in [9.17, 15) is 22.0 Å². The highest BCUT2D eigenvalue weighted by Gasteiger charge is 2.32. The van der Waals surface area contributed by atoms with E-state index < -0.39 is 17.0 Å². The maximum absolute atomic E-state index is 13.1. The highest BCUT2D eigenvalue weighted by molar-refractivity contribution is 8.00. The van der Waals surface area contributed by atoms with Crippen LogP contribution in [0.3, 0.4) is 0 Å². The minimum atomic E-state index is -4.61. The van der Waals surface area contributed by atoms with Crippen molar-refractivity contribution in [3.8, 4) is 5.82 Å². The van der Waals surface area contributed by atoms with E-state index in [0.717, 1.165) is 4.68 Å². The average Bonchev–Trinajstić information content (AvgIpc) is 2.64. The lowest BCUT2D eigenvalue weighted by atomic mass is 10.3. The summed E-state index contributed by atoms with van der Waals surface area (Å²) in [4.78, 5) is 3.61. The number of aryl methyl sites for hydroxylation is 1. The summed E-state index contributed by atoms with van der Waals surface area (Å²) in [5.41, 5.74) is 4.91. The summed E-state index contributed by atoms with van der Waals surface area (Å²) in [7, 11) is 0. The molecule has 0 saturated carbocycles. The number of nitrogen functional groups attached to an aromatic ring is 1. The standard InChI is InChI=1S/C12H10ClF5N4S/c1-5-8(23-11(2,14)15)9(19)22(21-5)10-7(13)3-6(4-20-10)12(16,17)18/h3-4H,19H2,1-2H3. The Bertz CT molecular complexity index is 738. The number of nitrogens with zero attached hydrogens (tertiary/aromatic N) is 3. The molecule has 0 atom stereocenters. The van der Waals surface area contributed by atoms with Crippen molar-refractivity contribution < 1.29 is 22.0 Å². The minimum Gasteiger partial charge on any atom is -0.383 e. The molecule has 0 spiro atoms. The van der Waals surface area contributed by atoms with Gasteiger partial charge >= 0.3 is 6.18 Å². The number of alkyl halides is 5. The molecule has 126 valence electrons. The summed E-state index contributed by atoms with van der Waals surface area (Å²) < 4.78 is 65.0. The fourth-order valence-electron chi connectivity index (χ4n) is 1.74. The number of pyridine rings is 1. The molecule has 4 nitrogen and oxygen atoms in total. The van der Waals surface area contributed by atoms with Gasteiger partial charge in [0.05, 0.1) is 21.2 Å². The third kappa shape index (κ3) is 3.86. The second-order valence-corrected chi connectivity index (χ2v) is 6.39. The number of hydrogen-bond donors (Lipinski definition) is 1. The highest BCUT2D eigenvalue weighted by atomic mass is 35.5. The van der Waals surface area contributed by atoms with Gasteiger partial charge in [0.15, 0.2) is 5.82 Å². The van der Waals surface area contributed by atoms with Crippen molar-refractivity contribution in [2.75, 3.05) is 5.73 Å². The molecule has 0 bridgehead atoms. The number of rotatable bonds is 3. The summed E-state index contributed by atoms with van der Waals surface area (Å²) >= 11 is 5.99. The van der Waals surface area contributed by atoms with Crippen LogP contribution >= 0.6 is 23.4 Å². The Morgan fingerprint density at radius 2 is 1.87 bits per heavy atom. The Balaban J connectivity index is 2.50. The number of aromatic nitrogens is 3. The maximum atomic E-state index is 13.1. The molecule has 2 heterocycles. The average molecular weight is 373 g/mol. The van der Waals surface area contributed by atoms with Gasteiger partial charge in [0.25, 0.3) is 5.25 Å². The smallest absolute Gasteiger partial charge is 0.383 e. The first kappa shape index (κ1) is 17.8. The molecular formula is C12H10ClF5N4S. The van der Waals surface area contributed by atoms with E-state index >= 15 is 0 Å². The SMILES string of the molecule is Cc1nn(-c2ncc(C(F)(F)F)cc2Cl)c(N)c1SC(C)(F)F. The quantitative estimate of drug-likeness (QED) is 0.635. The molecule has 11 heteroatoms. The molecule has 0 radical (unpaired) electrons. The Labute approximate surface area is 136 Å². The zero-order valence-corrected chi connectivity index (χ0v) is 13.3. The lowest BCUT2D eigenvalue weighted by Gasteiger charge is -2.11. The molecule has 2 N–H and O–H groups in total. The zero-order chi connectivity index (χ0) is 17.6. The van der Waals surface area contributed by atoms with Crippen molar-refractivity contribution in [3.05, 3.63) is 28.5 Å². The molecule has 0 unspecified atom stereocenters. The molecular weight excluding hydrogens is 363 g/mol. The topological polar surface area (TPSA) is 56.7 Å². The number of hydrogen-bond acceptors (Lipinski definition) is 4. The maximum Gasteiger partial charge on any atom is 0.417 e. The van der Waals surface area contributed by atoms with Crippen LogP contribution in [0.5, 0.6) is 0 Å². The van der Waals surface area contributed by atoms with Gasteiger partial charge in [-0.05, 0) is 24.8 Å². The molecule has 2 aromatic rings. The Morgan fingerprint density at radius 3 is 2.35 bits per heavy atom. The van der Waals surface area contributed by atoms with E-state index in [0.29, 0.717) is 19.2 Å². The van der Waals surface area contributed by atoms with Crippen LogP contribution in [0.4, 0.5) is 27.8 Å². The second-order valence-electron chi connectivity index (χ2n) is 4.65. The first-order valence-electron chi connectivity index (χ1n) is 6.05. The van der Waals surface area contributed by atoms with Crippen LogP contribution in [0.15, 0.2) is 17.2 Å². The van der Waals surface area contributed by atoms with Crippen LogP contribution in [0.2, 0.25) is 5.02 Å². The van der Waals surface area contributed by atoms with Gasteiger partial charge in [-0.1, -0.05) is 11.6 Å². The van der Waals surface area contributed by atoms with Crippen molar-refractivity contribution >= 4 is 29.2 Å². The van der Waals surface area contributed by atoms with Gasteiger partial charge in [-0.2, -0.15) is 31.7 Å². The first-order chi connectivity index (χ1) is 10.4. The van der Waals surface area contributed by atoms with Gasteiger partial charge in [-0.25, -0.2) is 4.98 Å². The molecule has 2 rings (SSSR count). The van der Waals surface area contributed by atoms with E-state index in [1.54, 1.807) is 0 Å². The van der Waals surface area contributed by atoms with Crippen molar-refractivity contribution in [2.45, 2.75) is 30.2 Å². The van der Waals surface area contributed by atoms with E-state index in [4.69, 9.17) is 17.3 Å². The van der Waals surface area contributed by atoms with Gasteiger partial charge in [0.2, 0.25) is 0 Å². The van der Waals surface area contributed by atoms with Crippen LogP contribution in [-0.2, 0) is 6.18 Å². The third-order valence-corrected chi connectivity index (χ3v) is 4.02. The van der Waals surface area contributed by atoms with Crippen LogP contribution in [0, 0.1) is 6.92 Å². The van der Waals surface area contributed by atoms with Gasteiger partial charge in [0, 0.05) is 13.1 Å². The fraction of sp³-hybridized carbons (Fsp3) is 0.333. The lowest BCUT2D eigenvalue weighted by Crippen LogP contribution is -2.10. The molecule has 2 aromatic heterocycles. The Kier molecular flexibility index (Phi) is 4.51. The molecule has 0 aliphatic carbocycles. The van der Waals surface area contributed by atoms with Crippen LogP contribution in [-0.4, -0.2) is 20.0 Å². The van der Waals surface area contributed by atoms with Crippen molar-refractivity contribution in [1.29, 1.82) is 0 Å². The predicted molar refractivity (Wildman–Crippen MR) is 77.0 cm³/mol. The molecule has 0 aliphatic rings. The summed E-state index contributed by atoms with van der Waals surface area (Å²) in [6, 6.07) is 0.668. The largest absolute Gasteiger partial charge is 0.417 e. The highest BCUT2D eigenvalue weighted by Crippen LogP contribution is 2.41.